The van der Waals surface area contributed by atoms with Crippen LogP contribution in [0, 0.1) is 11.8 Å². The van der Waals surface area contributed by atoms with Crippen LogP contribution >= 0.6 is 11.6 Å². The molecule has 7 nitrogen and oxygen atoms in total. The van der Waals surface area contributed by atoms with Crippen molar-refractivity contribution in [2.45, 2.75) is 62.1 Å². The molecule has 236 valence electrons. The van der Waals surface area contributed by atoms with E-state index in [0.717, 1.165) is 68.1 Å². The summed E-state index contributed by atoms with van der Waals surface area (Å²) in [4.78, 5) is 17.7. The molecule has 44 heavy (non-hydrogen) atoms. The number of fused-ring (bicyclic) bond motifs is 4. The zero-order valence-electron chi connectivity index (χ0n) is 26.2. The van der Waals surface area contributed by atoms with E-state index < -0.39 is 11.6 Å². The molecule has 1 spiro atoms. The number of hydrogen-bond donors (Lipinski definition) is 1. The number of esters is 1. The number of benzene rings is 2. The highest BCUT2D eigenvalue weighted by atomic mass is 35.5. The van der Waals surface area contributed by atoms with Gasteiger partial charge in [-0.3, -0.25) is 0 Å². The number of anilines is 1. The Hall–Kier alpha value is -3.00. The van der Waals surface area contributed by atoms with Crippen LogP contribution in [-0.2, 0) is 31.7 Å². The summed E-state index contributed by atoms with van der Waals surface area (Å²) in [7, 11) is 5.06. The van der Waals surface area contributed by atoms with Crippen LogP contribution < -0.4 is 9.64 Å². The molecule has 0 radical (unpaired) electrons. The van der Waals surface area contributed by atoms with Crippen LogP contribution in [0.2, 0.25) is 5.02 Å². The fraction of sp³-hybridized carbons (Fsp3) is 0.528. The number of carbonyl (C=O) groups is 1. The van der Waals surface area contributed by atoms with Crippen molar-refractivity contribution in [2.24, 2.45) is 11.8 Å². The second-order valence-electron chi connectivity index (χ2n) is 13.2. The normalized spacial score (nSPS) is 31.2. The first-order chi connectivity index (χ1) is 21.2. The van der Waals surface area contributed by atoms with Crippen molar-refractivity contribution >= 4 is 23.3 Å². The highest BCUT2D eigenvalue weighted by Gasteiger charge is 2.46. The van der Waals surface area contributed by atoms with Gasteiger partial charge in [0.1, 0.15) is 5.75 Å². The Kier molecular flexibility index (Phi) is 8.75. The van der Waals surface area contributed by atoms with Crippen LogP contribution in [-0.4, -0.2) is 69.6 Å². The summed E-state index contributed by atoms with van der Waals surface area (Å²) in [6.45, 7) is 7.08. The quantitative estimate of drug-likeness (QED) is 0.326. The van der Waals surface area contributed by atoms with Crippen molar-refractivity contribution in [1.82, 2.24) is 4.90 Å². The molecule has 5 atom stereocenters. The number of ether oxygens (including phenoxy) is 3. The average Bonchev–Trinajstić information content (AvgIpc) is 3.16. The predicted octanol–water partition coefficient (Wildman–Crippen LogP) is 6.01. The SMILES string of the molecule is C=C1C[C@](O)(C(=O)OC)c2ccc3c(c2)N(C[C@@H]2CC[C@H]2[C@@H](OC)/C=C/CCN1C)C[C@@]1(CCCc2cc(Cl)ccc21)CO3. The van der Waals surface area contributed by atoms with Crippen molar-refractivity contribution in [3.05, 3.63) is 82.5 Å². The first-order valence-corrected chi connectivity index (χ1v) is 16.3. The highest BCUT2D eigenvalue weighted by molar-refractivity contribution is 6.30. The van der Waals surface area contributed by atoms with Crippen molar-refractivity contribution in [1.29, 1.82) is 0 Å². The van der Waals surface area contributed by atoms with Gasteiger partial charge in [-0.15, -0.1) is 0 Å². The van der Waals surface area contributed by atoms with Gasteiger partial charge in [0.2, 0.25) is 0 Å². The molecule has 4 aliphatic rings. The van der Waals surface area contributed by atoms with E-state index in [2.05, 4.69) is 35.8 Å². The summed E-state index contributed by atoms with van der Waals surface area (Å²) in [6, 6.07) is 11.9. The van der Waals surface area contributed by atoms with Crippen LogP contribution in [0.3, 0.4) is 0 Å². The molecule has 0 aromatic heterocycles. The topological polar surface area (TPSA) is 71.5 Å². The number of hydrogen-bond acceptors (Lipinski definition) is 7. The first kappa shape index (κ1) is 31.0. The maximum atomic E-state index is 13.3. The lowest BCUT2D eigenvalue weighted by molar-refractivity contribution is -0.163. The molecule has 8 heteroatoms. The van der Waals surface area contributed by atoms with Gasteiger partial charge in [-0.1, -0.05) is 42.5 Å². The molecule has 2 aliphatic heterocycles. The lowest BCUT2D eigenvalue weighted by Gasteiger charge is -2.46. The molecule has 2 aliphatic carbocycles. The molecule has 2 bridgehead atoms. The minimum Gasteiger partial charge on any atom is -0.490 e. The molecule has 1 saturated carbocycles. The lowest BCUT2D eigenvalue weighted by Crippen LogP contribution is -2.49. The Morgan fingerprint density at radius 2 is 2.02 bits per heavy atom. The number of aliphatic hydroxyl groups is 1. The van der Waals surface area contributed by atoms with Crippen LogP contribution in [0.1, 0.15) is 55.2 Å². The summed E-state index contributed by atoms with van der Waals surface area (Å²) in [5, 5.41) is 12.8. The maximum Gasteiger partial charge on any atom is 0.342 e. The second-order valence-corrected chi connectivity index (χ2v) is 13.7. The zero-order valence-corrected chi connectivity index (χ0v) is 26.9. The van der Waals surface area contributed by atoms with Gasteiger partial charge in [-0.25, -0.2) is 4.79 Å². The fourth-order valence-corrected chi connectivity index (χ4v) is 8.05. The van der Waals surface area contributed by atoms with E-state index in [4.69, 9.17) is 25.8 Å². The van der Waals surface area contributed by atoms with Gasteiger partial charge in [-0.05, 0) is 91.3 Å². The molecule has 2 heterocycles. The van der Waals surface area contributed by atoms with Crippen molar-refractivity contribution in [2.75, 3.05) is 52.4 Å². The Morgan fingerprint density at radius 1 is 1.18 bits per heavy atom. The minimum absolute atomic E-state index is 0.0169. The zero-order chi connectivity index (χ0) is 31.1. The van der Waals surface area contributed by atoms with E-state index in [1.165, 1.54) is 18.2 Å². The van der Waals surface area contributed by atoms with Crippen molar-refractivity contribution < 1.29 is 24.1 Å². The minimum atomic E-state index is -1.90. The van der Waals surface area contributed by atoms with Gasteiger partial charge in [0.15, 0.2) is 5.60 Å². The fourth-order valence-electron chi connectivity index (χ4n) is 7.85. The summed E-state index contributed by atoms with van der Waals surface area (Å²) in [5.74, 6) is 0.896. The van der Waals surface area contributed by atoms with E-state index in [1.54, 1.807) is 6.07 Å². The summed E-state index contributed by atoms with van der Waals surface area (Å²) in [6.07, 6.45) is 10.6. The van der Waals surface area contributed by atoms with Crippen molar-refractivity contribution in [3.8, 4) is 5.75 Å². The van der Waals surface area contributed by atoms with Crippen LogP contribution in [0.4, 0.5) is 5.69 Å². The third kappa shape index (κ3) is 5.63. The van der Waals surface area contributed by atoms with Gasteiger partial charge in [0.25, 0.3) is 0 Å². The molecular weight excluding hydrogens is 576 g/mol. The van der Waals surface area contributed by atoms with Gasteiger partial charge < -0.3 is 29.1 Å². The van der Waals surface area contributed by atoms with Crippen molar-refractivity contribution in [3.63, 3.8) is 0 Å². The number of nitrogens with zero attached hydrogens (tertiary/aromatic N) is 2. The van der Waals surface area contributed by atoms with Crippen LogP contribution in [0.25, 0.3) is 0 Å². The monoisotopic (exact) mass is 620 g/mol. The highest BCUT2D eigenvalue weighted by Crippen LogP contribution is 2.48. The van der Waals surface area contributed by atoms with Gasteiger partial charge >= 0.3 is 5.97 Å². The molecule has 0 unspecified atom stereocenters. The van der Waals surface area contributed by atoms with E-state index in [0.29, 0.717) is 36.2 Å². The molecular formula is C36H45ClN2O5. The standard InChI is InChI=1S/C36H45ClN2O5/c1-24-20-36(41,34(40)43-4)27-11-15-33-31(19-27)39(21-26-10-13-29(26)32(42-3)9-5-6-17-38(24)2)22-35(23-44-33)16-7-8-25-18-28(37)12-14-30(25)35/h5,9,11-12,14-15,18-19,26,29,32,41H,1,6-8,10,13,16-17,20-23H2,2-4H3/b9-5+/t26-,29+,32-,35-,36+/m0/s1. The molecule has 1 fully saturated rings. The average molecular weight is 621 g/mol. The molecule has 2 aromatic rings. The molecule has 6 rings (SSSR count). The first-order valence-electron chi connectivity index (χ1n) is 15.9. The van der Waals surface area contributed by atoms with Gasteiger partial charge in [0.05, 0.1) is 25.5 Å². The van der Waals surface area contributed by atoms with Crippen LogP contribution in [0.5, 0.6) is 5.75 Å². The molecule has 0 saturated heterocycles. The summed E-state index contributed by atoms with van der Waals surface area (Å²) < 4.78 is 17.9. The smallest absolute Gasteiger partial charge is 0.342 e. The Bertz CT molecular complexity index is 1440. The third-order valence-electron chi connectivity index (χ3n) is 10.6. The molecule has 0 amide bonds. The Balaban J connectivity index is 1.47. The van der Waals surface area contributed by atoms with Crippen LogP contribution in [0.15, 0.2) is 60.8 Å². The maximum absolute atomic E-state index is 13.3. The van der Waals surface area contributed by atoms with E-state index in [9.17, 15) is 9.90 Å². The lowest BCUT2D eigenvalue weighted by atomic mass is 9.68. The predicted molar refractivity (Wildman–Crippen MR) is 173 cm³/mol. The van der Waals surface area contributed by atoms with E-state index in [1.807, 2.05) is 37.3 Å². The summed E-state index contributed by atoms with van der Waals surface area (Å²) in [5.41, 5.74) is 2.51. The van der Waals surface area contributed by atoms with Gasteiger partial charge in [-0.2, -0.15) is 0 Å². The largest absolute Gasteiger partial charge is 0.490 e. The molecule has 1 N–H and O–H groups in total. The molecule has 2 aromatic carbocycles. The number of carbonyl (C=O) groups excluding carboxylic acids is 1. The number of halogens is 1. The number of methoxy groups -OCH3 is 2. The van der Waals surface area contributed by atoms with E-state index >= 15 is 0 Å². The summed E-state index contributed by atoms with van der Waals surface area (Å²) >= 11 is 6.45. The van der Waals surface area contributed by atoms with E-state index in [-0.39, 0.29) is 17.9 Å². The second kappa shape index (κ2) is 12.4. The Labute approximate surface area is 266 Å². The number of aryl methyl sites for hydroxylation is 1. The Morgan fingerprint density at radius 3 is 2.77 bits per heavy atom. The number of rotatable bonds is 2. The van der Waals surface area contributed by atoms with Gasteiger partial charge in [0, 0.05) is 56.3 Å². The third-order valence-corrected chi connectivity index (χ3v) is 10.9.